The van der Waals surface area contributed by atoms with Gasteiger partial charge in [-0.2, -0.15) is 22.1 Å². The van der Waals surface area contributed by atoms with Crippen LogP contribution in [0.15, 0.2) is 12.3 Å². The number of nitrogens with zero attached hydrogens (tertiary/aromatic N) is 5. The third-order valence-corrected chi connectivity index (χ3v) is 6.16. The van der Waals surface area contributed by atoms with Crippen molar-refractivity contribution in [1.29, 1.82) is 0 Å². The molecular weight excluding hydrogens is 290 g/mol. The second-order valence-corrected chi connectivity index (χ2v) is 8.15. The van der Waals surface area contributed by atoms with Gasteiger partial charge < -0.3 is 4.90 Å². The molecule has 2 aliphatic heterocycles. The van der Waals surface area contributed by atoms with E-state index in [4.69, 9.17) is 0 Å². The Morgan fingerprint density at radius 2 is 2.05 bits per heavy atom. The lowest BCUT2D eigenvalue weighted by molar-refractivity contribution is 0.197. The summed E-state index contributed by atoms with van der Waals surface area (Å²) in [7, 11) is -0.220. The minimum Gasteiger partial charge on any atom is -0.301 e. The van der Waals surface area contributed by atoms with Gasteiger partial charge in [0.05, 0.1) is 18.3 Å². The molecule has 0 amide bonds. The Labute approximate surface area is 126 Å². The molecular formula is C13H23N5O2S. The molecule has 0 N–H and O–H groups in total. The highest BCUT2D eigenvalue weighted by Gasteiger charge is 2.34. The highest BCUT2D eigenvalue weighted by atomic mass is 32.2. The Hall–Kier alpha value is -0.960. The van der Waals surface area contributed by atoms with Crippen LogP contribution in [0.25, 0.3) is 0 Å². The van der Waals surface area contributed by atoms with E-state index < -0.39 is 10.2 Å². The molecule has 0 spiro atoms. The summed E-state index contributed by atoms with van der Waals surface area (Å²) >= 11 is 0. The van der Waals surface area contributed by atoms with E-state index in [0.717, 1.165) is 25.3 Å². The predicted octanol–water partition coefficient (Wildman–Crippen LogP) is 0.142. The zero-order valence-corrected chi connectivity index (χ0v) is 13.5. The monoisotopic (exact) mass is 313 g/mol. The van der Waals surface area contributed by atoms with Gasteiger partial charge in [0.1, 0.15) is 0 Å². The lowest BCUT2D eigenvalue weighted by Crippen LogP contribution is -2.48. The summed E-state index contributed by atoms with van der Waals surface area (Å²) in [5, 5.41) is 4.40. The first kappa shape index (κ1) is 15.0. The zero-order chi connectivity index (χ0) is 15.0. The maximum Gasteiger partial charge on any atom is 0.281 e. The van der Waals surface area contributed by atoms with E-state index in [-0.39, 0.29) is 6.04 Å². The molecule has 0 radical (unpaired) electrons. The first-order valence-electron chi connectivity index (χ1n) is 7.41. The molecule has 8 heteroatoms. The van der Waals surface area contributed by atoms with Crippen LogP contribution in [0.1, 0.15) is 24.6 Å². The first-order valence-corrected chi connectivity index (χ1v) is 8.80. The van der Waals surface area contributed by atoms with E-state index >= 15 is 0 Å². The van der Waals surface area contributed by atoms with E-state index in [9.17, 15) is 8.42 Å². The maximum absolute atomic E-state index is 12.4. The molecule has 2 aliphatic rings. The summed E-state index contributed by atoms with van der Waals surface area (Å²) in [6.07, 6.45) is 4.23. The van der Waals surface area contributed by atoms with Crippen LogP contribution in [0.4, 0.5) is 0 Å². The normalized spacial score (nSPS) is 24.6. The van der Waals surface area contributed by atoms with Crippen molar-refractivity contribution in [2.24, 2.45) is 0 Å². The van der Waals surface area contributed by atoms with Crippen molar-refractivity contribution in [3.05, 3.63) is 18.0 Å². The summed E-state index contributed by atoms with van der Waals surface area (Å²) in [5.41, 5.74) is 0.968. The second kappa shape index (κ2) is 5.68. The molecule has 1 saturated heterocycles. The smallest absolute Gasteiger partial charge is 0.281 e. The largest absolute Gasteiger partial charge is 0.301 e. The highest BCUT2D eigenvalue weighted by molar-refractivity contribution is 7.86. The summed E-state index contributed by atoms with van der Waals surface area (Å²) in [6, 6.07) is 2.01. The van der Waals surface area contributed by atoms with Crippen molar-refractivity contribution in [2.75, 3.05) is 40.3 Å². The summed E-state index contributed by atoms with van der Waals surface area (Å²) in [6.45, 7) is 3.97. The molecule has 1 atom stereocenters. The number of fused-ring (bicyclic) bond motifs is 1. The first-order chi connectivity index (χ1) is 9.98. The SMILES string of the molecule is CN(C)S(=O)(=O)N1Cc2ccnn2[C@H](CN2CCCC2)C1. The number of likely N-dealkylation sites (tertiary alicyclic amines) is 1. The van der Waals surface area contributed by atoms with Crippen LogP contribution in [0.3, 0.4) is 0 Å². The van der Waals surface area contributed by atoms with E-state index in [1.54, 1.807) is 24.6 Å². The molecule has 0 unspecified atom stereocenters. The summed E-state index contributed by atoms with van der Waals surface area (Å²) < 4.78 is 29.7. The van der Waals surface area contributed by atoms with Crippen LogP contribution in [-0.4, -0.2) is 72.0 Å². The molecule has 1 aromatic rings. The van der Waals surface area contributed by atoms with Crippen molar-refractivity contribution in [3.8, 4) is 0 Å². The van der Waals surface area contributed by atoms with Gasteiger partial charge in [-0.25, -0.2) is 0 Å². The fraction of sp³-hybridized carbons (Fsp3) is 0.769. The van der Waals surface area contributed by atoms with Crippen LogP contribution in [0.5, 0.6) is 0 Å². The summed E-state index contributed by atoms with van der Waals surface area (Å²) in [5.74, 6) is 0. The van der Waals surface area contributed by atoms with Crippen molar-refractivity contribution >= 4 is 10.2 Å². The third kappa shape index (κ3) is 2.85. The Morgan fingerprint density at radius 3 is 2.71 bits per heavy atom. The minimum atomic E-state index is -3.38. The zero-order valence-electron chi connectivity index (χ0n) is 12.6. The number of hydrogen-bond acceptors (Lipinski definition) is 4. The molecule has 1 fully saturated rings. The van der Waals surface area contributed by atoms with Crippen molar-refractivity contribution in [1.82, 2.24) is 23.3 Å². The Kier molecular flexibility index (Phi) is 4.04. The van der Waals surface area contributed by atoms with Gasteiger partial charge in [0.2, 0.25) is 0 Å². The Balaban J connectivity index is 1.83. The fourth-order valence-corrected chi connectivity index (χ4v) is 4.28. The topological polar surface area (TPSA) is 61.7 Å². The van der Waals surface area contributed by atoms with E-state index in [1.165, 1.54) is 17.1 Å². The molecule has 3 heterocycles. The molecule has 0 aliphatic carbocycles. The number of hydrogen-bond donors (Lipinski definition) is 0. The maximum atomic E-state index is 12.4. The quantitative estimate of drug-likeness (QED) is 0.793. The average molecular weight is 313 g/mol. The van der Waals surface area contributed by atoms with E-state index in [1.807, 2.05) is 10.7 Å². The molecule has 1 aromatic heterocycles. The van der Waals surface area contributed by atoms with Gasteiger partial charge in [-0.3, -0.25) is 4.68 Å². The van der Waals surface area contributed by atoms with Gasteiger partial charge in [0.25, 0.3) is 10.2 Å². The van der Waals surface area contributed by atoms with Crippen LogP contribution >= 0.6 is 0 Å². The summed E-state index contributed by atoms with van der Waals surface area (Å²) in [4.78, 5) is 2.40. The number of rotatable bonds is 4. The van der Waals surface area contributed by atoms with Crippen LogP contribution in [0.2, 0.25) is 0 Å². The molecule has 3 rings (SSSR count). The molecule has 21 heavy (non-hydrogen) atoms. The van der Waals surface area contributed by atoms with Crippen molar-refractivity contribution in [3.63, 3.8) is 0 Å². The number of aromatic nitrogens is 2. The second-order valence-electron chi connectivity index (χ2n) is 6.01. The van der Waals surface area contributed by atoms with Gasteiger partial charge >= 0.3 is 0 Å². The molecule has 0 aromatic carbocycles. The molecule has 7 nitrogen and oxygen atoms in total. The Bertz CT molecular complexity index is 591. The van der Waals surface area contributed by atoms with Gasteiger partial charge in [-0.05, 0) is 32.0 Å². The molecule has 0 bridgehead atoms. The van der Waals surface area contributed by atoms with Crippen LogP contribution < -0.4 is 0 Å². The van der Waals surface area contributed by atoms with Crippen molar-refractivity contribution < 1.29 is 8.42 Å². The van der Waals surface area contributed by atoms with E-state index in [2.05, 4.69) is 10.00 Å². The van der Waals surface area contributed by atoms with Gasteiger partial charge in [0.15, 0.2) is 0 Å². The van der Waals surface area contributed by atoms with Gasteiger partial charge in [-0.1, -0.05) is 0 Å². The fourth-order valence-electron chi connectivity index (χ4n) is 3.16. The van der Waals surface area contributed by atoms with E-state index in [0.29, 0.717) is 13.1 Å². The Morgan fingerprint density at radius 1 is 1.33 bits per heavy atom. The van der Waals surface area contributed by atoms with Crippen molar-refractivity contribution in [2.45, 2.75) is 25.4 Å². The lowest BCUT2D eigenvalue weighted by atomic mass is 10.2. The standard InChI is InChI=1S/C13H23N5O2S/c1-15(2)21(19,20)17-10-12-5-6-14-18(12)13(11-17)9-16-7-3-4-8-16/h5-6,13H,3-4,7-11H2,1-2H3/t13-/m1/s1. The van der Waals surface area contributed by atoms with Crippen LogP contribution in [0, 0.1) is 0 Å². The average Bonchev–Trinajstić information content (AvgIpc) is 3.08. The lowest BCUT2D eigenvalue weighted by Gasteiger charge is -2.36. The molecule has 0 saturated carbocycles. The third-order valence-electron chi connectivity index (χ3n) is 4.31. The highest BCUT2D eigenvalue weighted by Crippen LogP contribution is 2.25. The molecule has 118 valence electrons. The van der Waals surface area contributed by atoms with Gasteiger partial charge in [0, 0.05) is 33.4 Å². The van der Waals surface area contributed by atoms with Crippen LogP contribution in [-0.2, 0) is 16.8 Å². The predicted molar refractivity (Wildman–Crippen MR) is 80.0 cm³/mol. The van der Waals surface area contributed by atoms with Gasteiger partial charge in [-0.15, -0.1) is 0 Å². The minimum absolute atomic E-state index is 0.0941.